The lowest BCUT2D eigenvalue weighted by atomic mass is 10.1. The van der Waals surface area contributed by atoms with Gasteiger partial charge < -0.3 is 0 Å². The van der Waals surface area contributed by atoms with Gasteiger partial charge in [-0.15, -0.1) is 17.8 Å². The van der Waals surface area contributed by atoms with Crippen LogP contribution < -0.4 is 0 Å². The van der Waals surface area contributed by atoms with Gasteiger partial charge in [-0.2, -0.15) is 0 Å². The summed E-state index contributed by atoms with van der Waals surface area (Å²) >= 11 is 1.77. The highest BCUT2D eigenvalue weighted by Gasteiger charge is 1.99. The molecule has 1 heterocycles. The summed E-state index contributed by atoms with van der Waals surface area (Å²) in [7, 11) is 0. The Morgan fingerprint density at radius 2 is 2.18 bits per heavy atom. The average Bonchev–Trinajstić information content (AvgIpc) is 2.50. The Kier molecular flexibility index (Phi) is 1.59. The fourth-order valence-corrected chi connectivity index (χ4v) is 1.88. The largest absolute Gasteiger partial charge is 0.260 e. The van der Waals surface area contributed by atoms with Crippen molar-refractivity contribution in [3.05, 3.63) is 48.6 Å². The third kappa shape index (κ3) is 1.12. The summed E-state index contributed by atoms with van der Waals surface area (Å²) in [5.41, 5.74) is 1.19. The molecule has 0 saturated carbocycles. The number of fused-ring (bicyclic) bond motifs is 1. The second-order valence-electron chi connectivity index (χ2n) is 2.42. The zero-order valence-electron chi connectivity index (χ0n) is 6.08. The molecule has 0 bridgehead atoms. The van der Waals surface area contributed by atoms with Crippen LogP contribution in [0.5, 0.6) is 0 Å². The first kappa shape index (κ1) is 6.74. The minimum atomic E-state index is 1.19. The fourth-order valence-electron chi connectivity index (χ4n) is 1.11. The Hall–Kier alpha value is -0.950. The van der Waals surface area contributed by atoms with Crippen molar-refractivity contribution in [2.75, 3.05) is 0 Å². The van der Waals surface area contributed by atoms with E-state index in [1.165, 1.54) is 15.6 Å². The van der Waals surface area contributed by atoms with Crippen molar-refractivity contribution >= 4 is 21.4 Å². The van der Waals surface area contributed by atoms with Crippen molar-refractivity contribution in [3.63, 3.8) is 0 Å². The molecule has 0 radical (unpaired) electrons. The van der Waals surface area contributed by atoms with E-state index in [4.69, 9.17) is 0 Å². The van der Waals surface area contributed by atoms with Crippen LogP contribution in [0.4, 0.5) is 0 Å². The lowest BCUT2D eigenvalue weighted by Crippen LogP contribution is -1.73. The molecule has 1 heteroatoms. The van der Waals surface area contributed by atoms with E-state index in [0.717, 1.165) is 0 Å². The van der Waals surface area contributed by atoms with E-state index < -0.39 is 0 Å². The third-order valence-corrected chi connectivity index (χ3v) is 2.61. The predicted octanol–water partition coefficient (Wildman–Crippen LogP) is 3.29. The molecule has 2 aromatic rings. The lowest BCUT2D eigenvalue weighted by Gasteiger charge is -1.89. The smallest absolute Gasteiger partial charge is 0.0977 e. The number of benzene rings is 1. The van der Waals surface area contributed by atoms with Crippen molar-refractivity contribution < 1.29 is 0 Å². The van der Waals surface area contributed by atoms with E-state index in [1.54, 1.807) is 11.3 Å². The molecule has 1 aromatic carbocycles. The third-order valence-electron chi connectivity index (χ3n) is 1.71. The molecule has 0 amide bonds. The van der Waals surface area contributed by atoms with Crippen molar-refractivity contribution in [1.82, 2.24) is 0 Å². The van der Waals surface area contributed by atoms with Crippen molar-refractivity contribution in [1.29, 1.82) is 0 Å². The van der Waals surface area contributed by atoms with Gasteiger partial charge >= 0.3 is 0 Å². The fraction of sp³-hybridized carbons (Fsp3) is 0. The monoisotopic (exact) mass is 160 g/mol. The molecule has 54 valence electrons. The minimum absolute atomic E-state index is 1.19. The van der Waals surface area contributed by atoms with Gasteiger partial charge in [-0.1, -0.05) is 0 Å². The normalized spacial score (nSPS) is 10.3. The highest BCUT2D eigenvalue weighted by Crippen LogP contribution is 2.21. The summed E-state index contributed by atoms with van der Waals surface area (Å²) in [5, 5.41) is 3.42. The zero-order chi connectivity index (χ0) is 7.68. The van der Waals surface area contributed by atoms with Gasteiger partial charge in [0.1, 0.15) is 0 Å². The van der Waals surface area contributed by atoms with E-state index >= 15 is 0 Å². The van der Waals surface area contributed by atoms with Crippen LogP contribution in [-0.4, -0.2) is 0 Å². The summed E-state index contributed by atoms with van der Waals surface area (Å²) < 4.78 is 1.34. The predicted molar refractivity (Wildman–Crippen MR) is 50.6 cm³/mol. The minimum Gasteiger partial charge on any atom is -0.260 e. The zero-order valence-corrected chi connectivity index (χ0v) is 6.90. The van der Waals surface area contributed by atoms with E-state index in [2.05, 4.69) is 36.6 Å². The molecule has 0 nitrogen and oxygen atoms in total. The Bertz CT molecular complexity index is 360. The first-order chi connectivity index (χ1) is 5.40. The van der Waals surface area contributed by atoms with E-state index in [0.29, 0.717) is 0 Å². The van der Waals surface area contributed by atoms with E-state index in [9.17, 15) is 0 Å². The Labute approximate surface area is 70.5 Å². The molecule has 0 aliphatic carbocycles. The summed E-state index contributed by atoms with van der Waals surface area (Å²) in [4.78, 5) is 0. The van der Waals surface area contributed by atoms with Crippen LogP contribution in [0, 0.1) is 13.3 Å². The molecule has 0 N–H and O–H groups in total. The molecular formula is C10H8S. The highest BCUT2D eigenvalue weighted by atomic mass is 32.1. The van der Waals surface area contributed by atoms with Gasteiger partial charge in [0, 0.05) is 12.1 Å². The van der Waals surface area contributed by atoms with Gasteiger partial charge in [0.2, 0.25) is 0 Å². The van der Waals surface area contributed by atoms with Gasteiger partial charge in [-0.25, -0.2) is 0 Å². The van der Waals surface area contributed by atoms with Crippen LogP contribution in [0.1, 0.15) is 5.56 Å². The standard InChI is InChI=1S/C10H8S/c1-2-8-3-4-10-9(7-8)5-6-11-10/h2-7H,1H2. The Morgan fingerprint density at radius 3 is 3.00 bits per heavy atom. The van der Waals surface area contributed by atoms with Gasteiger partial charge in [-0.05, 0) is 11.4 Å². The molecule has 0 aliphatic rings. The van der Waals surface area contributed by atoms with Gasteiger partial charge in [-0.3, -0.25) is 6.92 Å². The summed E-state index contributed by atoms with van der Waals surface area (Å²) in [6.45, 7) is 3.73. The van der Waals surface area contributed by atoms with E-state index in [-0.39, 0.29) is 0 Å². The van der Waals surface area contributed by atoms with Gasteiger partial charge in [0.05, 0.1) is 21.7 Å². The summed E-state index contributed by atoms with van der Waals surface area (Å²) in [5.74, 6) is 0. The Morgan fingerprint density at radius 1 is 1.27 bits per heavy atom. The maximum atomic E-state index is 3.73. The highest BCUT2D eigenvalue weighted by molar-refractivity contribution is 7.17. The van der Waals surface area contributed by atoms with Gasteiger partial charge in [0.15, 0.2) is 0 Å². The number of thiophene rings is 1. The van der Waals surface area contributed by atoms with Crippen LogP contribution in [0.2, 0.25) is 0 Å². The second kappa shape index (κ2) is 2.59. The lowest BCUT2D eigenvalue weighted by molar-refractivity contribution is 1.58. The molecular weight excluding hydrogens is 152 g/mol. The number of hydrogen-bond acceptors (Lipinski definition) is 1. The van der Waals surface area contributed by atoms with Crippen molar-refractivity contribution in [3.8, 4) is 0 Å². The molecule has 0 atom stereocenters. The van der Waals surface area contributed by atoms with Crippen LogP contribution in [0.25, 0.3) is 10.1 Å². The Balaban J connectivity index is 2.67. The summed E-state index contributed by atoms with van der Waals surface area (Å²) in [6.07, 6.45) is 1.87. The molecule has 0 unspecified atom stereocenters. The summed E-state index contributed by atoms with van der Waals surface area (Å²) in [6, 6.07) is 8.51. The SMILES string of the molecule is [CH2-][CH+]c1ccc2sccc2c1. The van der Waals surface area contributed by atoms with Crippen LogP contribution in [0.3, 0.4) is 0 Å². The van der Waals surface area contributed by atoms with Crippen LogP contribution in [-0.2, 0) is 0 Å². The molecule has 0 saturated heterocycles. The van der Waals surface area contributed by atoms with Gasteiger partial charge in [0.25, 0.3) is 0 Å². The molecule has 0 aliphatic heterocycles. The van der Waals surface area contributed by atoms with E-state index in [1.807, 2.05) is 6.42 Å². The second-order valence-corrected chi connectivity index (χ2v) is 3.37. The molecule has 2 rings (SSSR count). The molecule has 11 heavy (non-hydrogen) atoms. The van der Waals surface area contributed by atoms with Crippen molar-refractivity contribution in [2.45, 2.75) is 0 Å². The first-order valence-electron chi connectivity index (χ1n) is 3.50. The molecule has 1 aromatic heterocycles. The quantitative estimate of drug-likeness (QED) is 0.561. The first-order valence-corrected chi connectivity index (χ1v) is 4.38. The maximum absolute atomic E-state index is 3.73. The van der Waals surface area contributed by atoms with Crippen molar-refractivity contribution in [2.24, 2.45) is 0 Å². The van der Waals surface area contributed by atoms with Crippen LogP contribution >= 0.6 is 11.3 Å². The van der Waals surface area contributed by atoms with Crippen LogP contribution in [0.15, 0.2) is 29.6 Å². The average molecular weight is 160 g/mol. The molecule has 0 fully saturated rings. The maximum Gasteiger partial charge on any atom is 0.0977 e. The number of rotatable bonds is 1. The molecule has 0 spiro atoms. The topological polar surface area (TPSA) is 0 Å². The number of hydrogen-bond donors (Lipinski definition) is 0.